The van der Waals surface area contributed by atoms with E-state index in [0.717, 1.165) is 17.5 Å². The van der Waals surface area contributed by atoms with E-state index in [1.807, 2.05) is 65.6 Å². The van der Waals surface area contributed by atoms with E-state index < -0.39 is 5.54 Å². The maximum absolute atomic E-state index is 13.6. The molecule has 4 nitrogen and oxygen atoms in total. The van der Waals surface area contributed by atoms with Crippen LogP contribution in [0.5, 0.6) is 0 Å². The zero-order valence-electron chi connectivity index (χ0n) is 16.5. The molecule has 0 bridgehead atoms. The van der Waals surface area contributed by atoms with Crippen molar-refractivity contribution < 1.29 is 9.59 Å². The summed E-state index contributed by atoms with van der Waals surface area (Å²) >= 11 is 0. The van der Waals surface area contributed by atoms with Gasteiger partial charge in [0.05, 0.1) is 6.54 Å². The predicted molar refractivity (Wildman–Crippen MR) is 109 cm³/mol. The monoisotopic (exact) mass is 374 g/mol. The third-order valence-corrected chi connectivity index (χ3v) is 6.19. The molecule has 0 radical (unpaired) electrons. The SMILES string of the molecule is CC1=C(C)CC2(CC1)C(=O)N(Cc1ccccc1)C(=O)N2Cc1ccccc1. The first-order valence-electron chi connectivity index (χ1n) is 9.88. The van der Waals surface area contributed by atoms with Crippen LogP contribution in [-0.2, 0) is 17.9 Å². The fraction of sp³-hybridized carbons (Fsp3) is 0.333. The van der Waals surface area contributed by atoms with Gasteiger partial charge in [0.15, 0.2) is 0 Å². The maximum Gasteiger partial charge on any atom is 0.328 e. The van der Waals surface area contributed by atoms with Gasteiger partial charge in [-0.15, -0.1) is 0 Å². The molecule has 144 valence electrons. The number of carbonyl (C=O) groups is 2. The number of imide groups is 1. The van der Waals surface area contributed by atoms with Crippen LogP contribution in [-0.4, -0.2) is 27.3 Å². The molecule has 1 saturated heterocycles. The molecule has 0 N–H and O–H groups in total. The summed E-state index contributed by atoms with van der Waals surface area (Å²) in [6.07, 6.45) is 2.18. The van der Waals surface area contributed by atoms with Crippen LogP contribution in [0.3, 0.4) is 0 Å². The van der Waals surface area contributed by atoms with Crippen LogP contribution in [0.2, 0.25) is 0 Å². The number of carbonyl (C=O) groups excluding carboxylic acids is 2. The van der Waals surface area contributed by atoms with Crippen molar-refractivity contribution in [1.82, 2.24) is 9.80 Å². The van der Waals surface area contributed by atoms with E-state index in [4.69, 9.17) is 0 Å². The summed E-state index contributed by atoms with van der Waals surface area (Å²) in [5.41, 5.74) is 3.83. The summed E-state index contributed by atoms with van der Waals surface area (Å²) in [6, 6.07) is 19.5. The normalized spacial score (nSPS) is 22.5. The van der Waals surface area contributed by atoms with Crippen LogP contribution in [0, 0.1) is 0 Å². The Bertz CT molecular complexity index is 920. The lowest BCUT2D eigenvalue weighted by Crippen LogP contribution is -2.50. The quantitative estimate of drug-likeness (QED) is 0.563. The minimum absolute atomic E-state index is 0.0517. The van der Waals surface area contributed by atoms with Crippen LogP contribution in [0.15, 0.2) is 71.8 Å². The summed E-state index contributed by atoms with van der Waals surface area (Å²) in [5, 5.41) is 0. The molecular formula is C24H26N2O2. The van der Waals surface area contributed by atoms with Crippen molar-refractivity contribution in [2.24, 2.45) is 0 Å². The van der Waals surface area contributed by atoms with Gasteiger partial charge in [0, 0.05) is 13.0 Å². The Labute approximate surface area is 166 Å². The molecule has 1 unspecified atom stereocenters. The van der Waals surface area contributed by atoms with Crippen LogP contribution < -0.4 is 0 Å². The lowest BCUT2D eigenvalue weighted by atomic mass is 9.77. The second-order valence-corrected chi connectivity index (χ2v) is 8.00. The largest absolute Gasteiger partial charge is 0.328 e. The summed E-state index contributed by atoms with van der Waals surface area (Å²) in [4.78, 5) is 30.3. The first kappa shape index (κ1) is 18.5. The van der Waals surface area contributed by atoms with E-state index in [1.54, 1.807) is 0 Å². The van der Waals surface area contributed by atoms with Gasteiger partial charge < -0.3 is 4.90 Å². The van der Waals surface area contributed by atoms with Crippen molar-refractivity contribution in [3.8, 4) is 0 Å². The van der Waals surface area contributed by atoms with Gasteiger partial charge in [-0.3, -0.25) is 9.69 Å². The van der Waals surface area contributed by atoms with Crippen LogP contribution >= 0.6 is 0 Å². The van der Waals surface area contributed by atoms with E-state index in [2.05, 4.69) is 13.8 Å². The van der Waals surface area contributed by atoms with Crippen molar-refractivity contribution in [2.75, 3.05) is 0 Å². The lowest BCUT2D eigenvalue weighted by molar-refractivity contribution is -0.134. The minimum Gasteiger partial charge on any atom is -0.305 e. The molecule has 28 heavy (non-hydrogen) atoms. The summed E-state index contributed by atoms with van der Waals surface area (Å²) in [6.45, 7) is 5.01. The van der Waals surface area contributed by atoms with Gasteiger partial charge in [-0.25, -0.2) is 4.79 Å². The van der Waals surface area contributed by atoms with Gasteiger partial charge in [-0.1, -0.05) is 71.8 Å². The zero-order chi connectivity index (χ0) is 19.7. The molecule has 1 aliphatic carbocycles. The molecule has 2 aromatic rings. The molecule has 1 fully saturated rings. The van der Waals surface area contributed by atoms with Gasteiger partial charge in [-0.2, -0.15) is 0 Å². The molecule has 1 heterocycles. The molecule has 2 aliphatic rings. The van der Waals surface area contributed by atoms with Crippen molar-refractivity contribution in [3.63, 3.8) is 0 Å². The first-order valence-corrected chi connectivity index (χ1v) is 9.88. The van der Waals surface area contributed by atoms with Gasteiger partial charge in [0.2, 0.25) is 0 Å². The third-order valence-electron chi connectivity index (χ3n) is 6.19. The highest BCUT2D eigenvalue weighted by Crippen LogP contribution is 2.43. The molecular weight excluding hydrogens is 348 g/mol. The zero-order valence-corrected chi connectivity index (χ0v) is 16.5. The van der Waals surface area contributed by atoms with Crippen LogP contribution in [0.1, 0.15) is 44.2 Å². The fourth-order valence-electron chi connectivity index (χ4n) is 4.37. The molecule has 2 aromatic carbocycles. The van der Waals surface area contributed by atoms with Crippen LogP contribution in [0.25, 0.3) is 0 Å². The Morgan fingerprint density at radius 1 is 0.821 bits per heavy atom. The van der Waals surface area contributed by atoms with E-state index in [9.17, 15) is 9.59 Å². The van der Waals surface area contributed by atoms with E-state index in [-0.39, 0.29) is 11.9 Å². The van der Waals surface area contributed by atoms with Crippen molar-refractivity contribution >= 4 is 11.9 Å². The fourth-order valence-corrected chi connectivity index (χ4v) is 4.37. The Hall–Kier alpha value is -2.88. The predicted octanol–water partition coefficient (Wildman–Crippen LogP) is 4.91. The molecule has 0 saturated carbocycles. The highest BCUT2D eigenvalue weighted by atomic mass is 16.2. The molecule has 4 rings (SSSR count). The number of hydrogen-bond donors (Lipinski definition) is 0. The van der Waals surface area contributed by atoms with E-state index in [1.165, 1.54) is 16.0 Å². The lowest BCUT2D eigenvalue weighted by Gasteiger charge is -2.39. The number of hydrogen-bond acceptors (Lipinski definition) is 2. The van der Waals surface area contributed by atoms with Gasteiger partial charge in [-0.05, 0) is 37.8 Å². The number of nitrogens with zero attached hydrogens (tertiary/aromatic N) is 2. The summed E-state index contributed by atoms with van der Waals surface area (Å²) < 4.78 is 0. The van der Waals surface area contributed by atoms with Gasteiger partial charge in [0.25, 0.3) is 5.91 Å². The number of amides is 3. The minimum atomic E-state index is -0.759. The molecule has 1 aliphatic heterocycles. The molecule has 0 aromatic heterocycles. The first-order chi connectivity index (χ1) is 13.5. The smallest absolute Gasteiger partial charge is 0.305 e. The molecule has 3 amide bonds. The number of benzene rings is 2. The highest BCUT2D eigenvalue weighted by Gasteiger charge is 2.57. The topological polar surface area (TPSA) is 40.6 Å². The number of urea groups is 1. The molecule has 1 spiro atoms. The summed E-state index contributed by atoms with van der Waals surface area (Å²) in [7, 11) is 0. The Balaban J connectivity index is 1.71. The maximum atomic E-state index is 13.6. The van der Waals surface area contributed by atoms with Gasteiger partial charge >= 0.3 is 6.03 Å². The van der Waals surface area contributed by atoms with Crippen molar-refractivity contribution in [2.45, 2.75) is 51.7 Å². The third kappa shape index (κ3) is 3.13. The Morgan fingerprint density at radius 3 is 1.96 bits per heavy atom. The highest BCUT2D eigenvalue weighted by molar-refractivity contribution is 6.07. The van der Waals surface area contributed by atoms with Crippen LogP contribution in [0.4, 0.5) is 4.79 Å². The van der Waals surface area contributed by atoms with E-state index >= 15 is 0 Å². The van der Waals surface area contributed by atoms with Crippen molar-refractivity contribution in [3.05, 3.63) is 82.9 Å². The second-order valence-electron chi connectivity index (χ2n) is 8.00. The average molecular weight is 374 g/mol. The Morgan fingerprint density at radius 2 is 1.39 bits per heavy atom. The average Bonchev–Trinajstić information content (AvgIpc) is 2.89. The van der Waals surface area contributed by atoms with E-state index in [0.29, 0.717) is 25.9 Å². The standard InChI is InChI=1S/C24H26N2O2/c1-18-13-14-24(15-19(18)2)22(27)25(16-20-9-5-3-6-10-20)23(28)26(24)17-21-11-7-4-8-12-21/h3-12H,13-17H2,1-2H3. The number of allylic oxidation sites excluding steroid dienone is 1. The van der Waals surface area contributed by atoms with Gasteiger partial charge in [0.1, 0.15) is 5.54 Å². The second kappa shape index (κ2) is 7.27. The molecule has 4 heteroatoms. The van der Waals surface area contributed by atoms with Crippen molar-refractivity contribution in [1.29, 1.82) is 0 Å². The summed E-state index contributed by atoms with van der Waals surface area (Å²) in [5.74, 6) is -0.0517. The number of rotatable bonds is 4. The Kier molecular flexibility index (Phi) is 4.80. The molecule has 1 atom stereocenters.